The Labute approximate surface area is 94.0 Å². The molecule has 0 saturated carbocycles. The molecule has 1 aromatic rings. The Bertz CT molecular complexity index is 302. The first-order chi connectivity index (χ1) is 6.20. The first-order valence-electron chi connectivity index (χ1n) is 3.63. The van der Waals surface area contributed by atoms with E-state index in [4.69, 9.17) is 9.47 Å². The van der Waals surface area contributed by atoms with Gasteiger partial charge in [-0.2, -0.15) is 0 Å². The number of carbonyl (C=O) groups excluding carboxylic acids is 1. The molecule has 0 aliphatic carbocycles. The van der Waals surface area contributed by atoms with E-state index in [1.54, 1.807) is 6.07 Å². The zero-order valence-corrected chi connectivity index (χ0v) is 8.37. The Morgan fingerprint density at radius 3 is 1.93 bits per heavy atom. The van der Waals surface area contributed by atoms with Gasteiger partial charge in [-0.05, 0) is 12.1 Å². The molecule has 0 radical (unpaired) electrons. The van der Waals surface area contributed by atoms with Crippen molar-refractivity contribution in [3.05, 3.63) is 23.8 Å². The molecule has 0 saturated heterocycles. The zero-order chi connectivity index (χ0) is 9.84. The number of methoxy groups -OCH3 is 2. The first kappa shape index (κ1) is 12.9. The number of hydrogen-bond donors (Lipinski definition) is 0. The number of hydrogen-bond acceptors (Lipinski definition) is 4. The van der Waals surface area contributed by atoms with Crippen LogP contribution >= 0.6 is 0 Å². The van der Waals surface area contributed by atoms with Gasteiger partial charge >= 0.3 is 18.9 Å². The van der Waals surface area contributed by atoms with Gasteiger partial charge in [0.05, 0.1) is 25.8 Å². The maximum absolute atomic E-state index is 10.7. The number of aromatic carboxylic acids is 1. The summed E-state index contributed by atoms with van der Waals surface area (Å²) in [6.45, 7) is 0. The van der Waals surface area contributed by atoms with Crippen molar-refractivity contribution in [2.75, 3.05) is 14.2 Å². The summed E-state index contributed by atoms with van der Waals surface area (Å²) in [6.07, 6.45) is 0. The van der Waals surface area contributed by atoms with Crippen molar-refractivity contribution in [2.45, 2.75) is 0 Å². The molecule has 70 valence electrons. The second-order valence-electron chi connectivity index (χ2n) is 2.32. The fourth-order valence-corrected chi connectivity index (χ4v) is 1.05. The van der Waals surface area contributed by atoms with Crippen molar-refractivity contribution in [2.24, 2.45) is 0 Å². The fraction of sp³-hybridized carbons (Fsp3) is 0.222. The first-order valence-corrected chi connectivity index (χ1v) is 3.63. The molecule has 0 N–H and O–H groups in total. The molecule has 0 aromatic heterocycles. The van der Waals surface area contributed by atoms with Crippen molar-refractivity contribution in [3.8, 4) is 11.5 Å². The molecule has 14 heavy (non-hydrogen) atoms. The molecular weight excluding hydrogens is 179 g/mol. The summed E-state index contributed by atoms with van der Waals surface area (Å²) in [5.41, 5.74) is -0.0625. The summed E-state index contributed by atoms with van der Waals surface area (Å²) in [7, 11) is 2.78. The van der Waals surface area contributed by atoms with E-state index >= 15 is 0 Å². The third-order valence-corrected chi connectivity index (χ3v) is 1.63. The molecular formula is C9H9LiO4. The average Bonchev–Trinajstić information content (AvgIpc) is 2.16. The average molecular weight is 188 g/mol. The molecule has 4 nitrogen and oxygen atoms in total. The quantitative estimate of drug-likeness (QED) is 0.476. The Kier molecular flexibility index (Phi) is 5.14. The monoisotopic (exact) mass is 188 g/mol. The van der Waals surface area contributed by atoms with E-state index in [1.807, 2.05) is 0 Å². The Morgan fingerprint density at radius 1 is 1.21 bits per heavy atom. The molecule has 0 spiro atoms. The number of benzene rings is 1. The van der Waals surface area contributed by atoms with Crippen molar-refractivity contribution in [1.29, 1.82) is 0 Å². The van der Waals surface area contributed by atoms with Crippen LogP contribution in [-0.2, 0) is 0 Å². The molecule has 0 aliphatic rings. The minimum absolute atomic E-state index is 0. The van der Waals surface area contributed by atoms with E-state index in [9.17, 15) is 9.90 Å². The summed E-state index contributed by atoms with van der Waals surface area (Å²) in [5.74, 6) is -0.840. The summed E-state index contributed by atoms with van der Waals surface area (Å²) < 4.78 is 9.70. The van der Waals surface area contributed by atoms with Gasteiger partial charge in [0.2, 0.25) is 0 Å². The van der Waals surface area contributed by atoms with Crippen LogP contribution in [-0.4, -0.2) is 20.2 Å². The Hall–Kier alpha value is -1.11. The SMILES string of the molecule is COc1cccc(OC)c1C(=O)[O-].[Li+]. The van der Waals surface area contributed by atoms with Gasteiger partial charge in [0.1, 0.15) is 11.5 Å². The van der Waals surface area contributed by atoms with Gasteiger partial charge in [0.25, 0.3) is 0 Å². The van der Waals surface area contributed by atoms with Crippen molar-refractivity contribution >= 4 is 5.97 Å². The van der Waals surface area contributed by atoms with Gasteiger partial charge in [-0.15, -0.1) is 0 Å². The number of carboxylic acid groups (broad SMARTS) is 1. The summed E-state index contributed by atoms with van der Waals surface area (Å²) in [4.78, 5) is 10.7. The largest absolute Gasteiger partial charge is 1.00 e. The molecule has 0 bridgehead atoms. The molecule has 0 aliphatic heterocycles. The molecule has 1 aromatic carbocycles. The van der Waals surface area contributed by atoms with Crippen LogP contribution in [0.3, 0.4) is 0 Å². The van der Waals surface area contributed by atoms with Crippen LogP contribution in [0.25, 0.3) is 0 Å². The van der Waals surface area contributed by atoms with Crippen LogP contribution in [0.15, 0.2) is 18.2 Å². The van der Waals surface area contributed by atoms with Crippen LogP contribution in [0.5, 0.6) is 11.5 Å². The predicted molar refractivity (Wildman–Crippen MR) is 43.9 cm³/mol. The summed E-state index contributed by atoms with van der Waals surface area (Å²) >= 11 is 0. The second-order valence-corrected chi connectivity index (χ2v) is 2.32. The molecule has 0 unspecified atom stereocenters. The second kappa shape index (κ2) is 5.58. The molecule has 0 heterocycles. The topological polar surface area (TPSA) is 58.6 Å². The molecule has 0 fully saturated rings. The van der Waals surface area contributed by atoms with Crippen LogP contribution in [0.4, 0.5) is 0 Å². The van der Waals surface area contributed by atoms with E-state index < -0.39 is 5.97 Å². The van der Waals surface area contributed by atoms with Crippen LogP contribution in [0, 0.1) is 0 Å². The van der Waals surface area contributed by atoms with Gasteiger partial charge in [-0.3, -0.25) is 0 Å². The van der Waals surface area contributed by atoms with Gasteiger partial charge in [0.15, 0.2) is 0 Å². The third-order valence-electron chi connectivity index (χ3n) is 1.63. The van der Waals surface area contributed by atoms with Crippen molar-refractivity contribution in [3.63, 3.8) is 0 Å². The van der Waals surface area contributed by atoms with E-state index in [2.05, 4.69) is 0 Å². The number of ether oxygens (including phenoxy) is 2. The van der Waals surface area contributed by atoms with Crippen LogP contribution in [0.1, 0.15) is 10.4 Å². The van der Waals surface area contributed by atoms with E-state index in [0.717, 1.165) is 0 Å². The van der Waals surface area contributed by atoms with Crippen LogP contribution in [0.2, 0.25) is 0 Å². The maximum atomic E-state index is 10.7. The third kappa shape index (κ3) is 2.44. The number of carbonyl (C=O) groups is 1. The van der Waals surface area contributed by atoms with E-state index in [-0.39, 0.29) is 35.9 Å². The Balaban J connectivity index is 0.00000169. The number of carboxylic acids is 1. The maximum Gasteiger partial charge on any atom is 1.00 e. The molecule has 0 amide bonds. The van der Waals surface area contributed by atoms with Crippen molar-refractivity contribution in [1.82, 2.24) is 0 Å². The van der Waals surface area contributed by atoms with Crippen LogP contribution < -0.4 is 33.4 Å². The molecule has 1 rings (SSSR count). The standard InChI is InChI=1S/C9H10O4.Li/c1-12-6-4-3-5-7(13-2)8(6)9(10)11;/h3-5H,1-2H3,(H,10,11);/q;+1/p-1. The number of rotatable bonds is 3. The van der Waals surface area contributed by atoms with Crippen molar-refractivity contribution < 1.29 is 38.2 Å². The van der Waals surface area contributed by atoms with Gasteiger partial charge in [-0.25, -0.2) is 0 Å². The van der Waals surface area contributed by atoms with Gasteiger partial charge in [0, 0.05) is 0 Å². The van der Waals surface area contributed by atoms with Gasteiger partial charge < -0.3 is 19.4 Å². The van der Waals surface area contributed by atoms with Gasteiger partial charge in [-0.1, -0.05) is 6.07 Å². The normalized spacial score (nSPS) is 8.71. The predicted octanol–water partition coefficient (Wildman–Crippen LogP) is -2.93. The summed E-state index contributed by atoms with van der Waals surface area (Å²) in [6, 6.07) is 4.71. The minimum atomic E-state index is -1.31. The van der Waals surface area contributed by atoms with E-state index in [1.165, 1.54) is 26.4 Å². The fourth-order valence-electron chi connectivity index (χ4n) is 1.05. The Morgan fingerprint density at radius 2 is 1.64 bits per heavy atom. The minimum Gasteiger partial charge on any atom is -0.545 e. The van der Waals surface area contributed by atoms with E-state index in [0.29, 0.717) is 0 Å². The summed E-state index contributed by atoms with van der Waals surface area (Å²) in [5, 5.41) is 10.7. The zero-order valence-electron chi connectivity index (χ0n) is 8.37. The smallest absolute Gasteiger partial charge is 0.545 e. The molecule has 5 heteroatoms. The molecule has 0 atom stereocenters.